The van der Waals surface area contributed by atoms with Gasteiger partial charge in [-0.15, -0.1) is 0 Å². The van der Waals surface area contributed by atoms with Crippen LogP contribution in [0.2, 0.25) is 0 Å². The molecule has 1 aromatic heterocycles. The maximum absolute atomic E-state index is 5.46. The first kappa shape index (κ1) is 14.5. The summed E-state index contributed by atoms with van der Waals surface area (Å²) in [5.74, 6) is 5.92. The fourth-order valence-corrected chi connectivity index (χ4v) is 1.81. The first-order chi connectivity index (χ1) is 9.58. The predicted molar refractivity (Wildman–Crippen MR) is 80.8 cm³/mol. The summed E-state index contributed by atoms with van der Waals surface area (Å²) in [5.41, 5.74) is 3.22. The number of nitrogens with one attached hydrogen (secondary N) is 2. The summed E-state index contributed by atoms with van der Waals surface area (Å²) in [6.07, 6.45) is -0.0423. The number of ether oxygens (including phenoxy) is 1. The van der Waals surface area contributed by atoms with Crippen LogP contribution in [0.4, 0.5) is 17.6 Å². The van der Waals surface area contributed by atoms with Gasteiger partial charge in [-0.2, -0.15) is 15.0 Å². The Bertz CT molecular complexity index is 592. The Morgan fingerprint density at radius 1 is 1.15 bits per heavy atom. The quantitative estimate of drug-likeness (QED) is 0.568. The van der Waals surface area contributed by atoms with E-state index < -0.39 is 0 Å². The van der Waals surface area contributed by atoms with Gasteiger partial charge in [0.15, 0.2) is 0 Å². The first-order valence-electron chi connectivity index (χ1n) is 5.99. The lowest BCUT2D eigenvalue weighted by atomic mass is 10.3. The number of benzene rings is 1. The zero-order valence-corrected chi connectivity index (χ0v) is 12.7. The third-order valence-electron chi connectivity index (χ3n) is 2.21. The summed E-state index contributed by atoms with van der Waals surface area (Å²) in [6, 6.07) is 7.84. The van der Waals surface area contributed by atoms with E-state index in [4.69, 9.17) is 10.6 Å². The van der Waals surface area contributed by atoms with Crippen LogP contribution in [0, 0.1) is 0 Å². The van der Waals surface area contributed by atoms with E-state index in [2.05, 4.69) is 41.6 Å². The molecule has 0 aliphatic rings. The van der Waals surface area contributed by atoms with Gasteiger partial charge in [0.2, 0.25) is 11.9 Å². The van der Waals surface area contributed by atoms with Crippen molar-refractivity contribution in [2.24, 2.45) is 5.84 Å². The average molecular weight is 339 g/mol. The van der Waals surface area contributed by atoms with Crippen molar-refractivity contribution >= 4 is 33.5 Å². The van der Waals surface area contributed by atoms with E-state index in [1.54, 1.807) is 0 Å². The molecule has 0 atom stereocenters. The lowest BCUT2D eigenvalue weighted by molar-refractivity contribution is 0.222. The van der Waals surface area contributed by atoms with Gasteiger partial charge in [0.1, 0.15) is 0 Å². The van der Waals surface area contributed by atoms with Crippen molar-refractivity contribution in [3.63, 3.8) is 0 Å². The minimum Gasteiger partial charge on any atom is -0.461 e. The van der Waals surface area contributed by atoms with Crippen molar-refractivity contribution in [1.82, 2.24) is 15.0 Å². The van der Waals surface area contributed by atoms with Gasteiger partial charge in [-0.1, -0.05) is 12.1 Å². The third kappa shape index (κ3) is 3.78. The van der Waals surface area contributed by atoms with Gasteiger partial charge in [-0.05, 0) is 41.9 Å². The number of anilines is 3. The molecule has 1 heterocycles. The second kappa shape index (κ2) is 6.49. The molecule has 0 saturated carbocycles. The van der Waals surface area contributed by atoms with Crippen molar-refractivity contribution in [2.75, 3.05) is 10.7 Å². The Morgan fingerprint density at radius 3 is 2.50 bits per heavy atom. The number of nitrogens with zero attached hydrogens (tertiary/aromatic N) is 3. The number of hydrazine groups is 1. The van der Waals surface area contributed by atoms with Gasteiger partial charge < -0.3 is 10.1 Å². The van der Waals surface area contributed by atoms with E-state index >= 15 is 0 Å². The van der Waals surface area contributed by atoms with E-state index in [1.807, 2.05) is 38.1 Å². The Morgan fingerprint density at radius 2 is 1.85 bits per heavy atom. The van der Waals surface area contributed by atoms with Crippen molar-refractivity contribution in [2.45, 2.75) is 20.0 Å². The zero-order chi connectivity index (χ0) is 14.5. The summed E-state index contributed by atoms with van der Waals surface area (Å²) in [5, 5.41) is 3.08. The molecule has 0 unspecified atom stereocenters. The van der Waals surface area contributed by atoms with Crippen LogP contribution in [0.1, 0.15) is 13.8 Å². The molecule has 0 aliphatic carbocycles. The molecule has 0 bridgehead atoms. The summed E-state index contributed by atoms with van der Waals surface area (Å²) < 4.78 is 6.35. The number of aromatic nitrogens is 3. The minimum atomic E-state index is -0.0423. The highest BCUT2D eigenvalue weighted by Gasteiger charge is 2.09. The lowest BCUT2D eigenvalue weighted by Gasteiger charge is -2.11. The van der Waals surface area contributed by atoms with Crippen LogP contribution in [0.3, 0.4) is 0 Å². The van der Waals surface area contributed by atoms with Gasteiger partial charge in [-0.25, -0.2) is 5.84 Å². The van der Waals surface area contributed by atoms with E-state index in [0.717, 1.165) is 10.2 Å². The molecule has 106 valence electrons. The number of nitrogens with two attached hydrogens (primary N) is 1. The van der Waals surface area contributed by atoms with E-state index in [0.29, 0.717) is 5.95 Å². The monoisotopic (exact) mass is 338 g/mol. The Kier molecular flexibility index (Phi) is 4.70. The van der Waals surface area contributed by atoms with Crippen molar-refractivity contribution < 1.29 is 4.74 Å². The lowest BCUT2D eigenvalue weighted by Crippen LogP contribution is -2.15. The van der Waals surface area contributed by atoms with Gasteiger partial charge in [0, 0.05) is 4.47 Å². The van der Waals surface area contributed by atoms with Gasteiger partial charge >= 0.3 is 6.01 Å². The molecule has 0 aliphatic heterocycles. The van der Waals surface area contributed by atoms with Crippen LogP contribution < -0.4 is 21.3 Å². The molecule has 7 nitrogen and oxygen atoms in total. The summed E-state index contributed by atoms with van der Waals surface area (Å²) in [4.78, 5) is 12.3. The van der Waals surface area contributed by atoms with E-state index in [9.17, 15) is 0 Å². The van der Waals surface area contributed by atoms with Crippen LogP contribution in [0.5, 0.6) is 6.01 Å². The highest BCUT2D eigenvalue weighted by molar-refractivity contribution is 9.10. The highest BCUT2D eigenvalue weighted by atomic mass is 79.9. The highest BCUT2D eigenvalue weighted by Crippen LogP contribution is 2.24. The van der Waals surface area contributed by atoms with Crippen LogP contribution in [-0.2, 0) is 0 Å². The number of nitrogen functional groups attached to an aromatic ring is 1. The molecular weight excluding hydrogens is 324 g/mol. The number of rotatable bonds is 5. The van der Waals surface area contributed by atoms with Gasteiger partial charge in [0.25, 0.3) is 0 Å². The maximum atomic E-state index is 5.46. The standard InChI is InChI=1S/C12H15BrN6O/c1-7(2)20-12-17-10(16-11(18-12)19-14)15-9-6-4-3-5-8(9)13/h3-7H,14H2,1-2H3,(H2,15,16,17,18,19). The molecule has 0 saturated heterocycles. The van der Waals surface area contributed by atoms with E-state index in [-0.39, 0.29) is 18.1 Å². The second-order valence-electron chi connectivity index (χ2n) is 4.18. The van der Waals surface area contributed by atoms with Crippen molar-refractivity contribution in [1.29, 1.82) is 0 Å². The third-order valence-corrected chi connectivity index (χ3v) is 2.90. The predicted octanol–water partition coefficient (Wildman–Crippen LogP) is 2.45. The van der Waals surface area contributed by atoms with Crippen LogP contribution in [0.15, 0.2) is 28.7 Å². The Hall–Kier alpha value is -1.93. The largest absolute Gasteiger partial charge is 0.461 e. The first-order valence-corrected chi connectivity index (χ1v) is 6.78. The summed E-state index contributed by atoms with van der Waals surface area (Å²) in [6.45, 7) is 3.78. The van der Waals surface area contributed by atoms with E-state index in [1.165, 1.54) is 0 Å². The molecule has 0 spiro atoms. The normalized spacial score (nSPS) is 10.4. The molecule has 2 aromatic rings. The second-order valence-corrected chi connectivity index (χ2v) is 5.04. The number of hydrogen-bond donors (Lipinski definition) is 3. The molecule has 20 heavy (non-hydrogen) atoms. The molecule has 0 fully saturated rings. The fraction of sp³-hybridized carbons (Fsp3) is 0.250. The Labute approximate surface area is 125 Å². The maximum Gasteiger partial charge on any atom is 0.323 e. The van der Waals surface area contributed by atoms with Gasteiger partial charge in [0.05, 0.1) is 11.8 Å². The van der Waals surface area contributed by atoms with Crippen LogP contribution >= 0.6 is 15.9 Å². The topological polar surface area (TPSA) is 98.0 Å². The average Bonchev–Trinajstić information content (AvgIpc) is 2.40. The number of para-hydroxylation sites is 1. The molecule has 8 heteroatoms. The fourth-order valence-electron chi connectivity index (χ4n) is 1.42. The molecular formula is C12H15BrN6O. The smallest absolute Gasteiger partial charge is 0.323 e. The molecule has 1 aromatic carbocycles. The Balaban J connectivity index is 2.29. The van der Waals surface area contributed by atoms with Crippen LogP contribution in [0.25, 0.3) is 0 Å². The van der Waals surface area contributed by atoms with Gasteiger partial charge in [-0.3, -0.25) is 5.43 Å². The summed E-state index contributed by atoms with van der Waals surface area (Å²) in [7, 11) is 0. The molecule has 0 radical (unpaired) electrons. The summed E-state index contributed by atoms with van der Waals surface area (Å²) >= 11 is 3.44. The molecule has 4 N–H and O–H groups in total. The zero-order valence-electron chi connectivity index (χ0n) is 11.1. The van der Waals surface area contributed by atoms with Crippen molar-refractivity contribution in [3.8, 4) is 6.01 Å². The minimum absolute atomic E-state index is 0.0423. The number of halogens is 1. The molecule has 2 rings (SSSR count). The van der Waals surface area contributed by atoms with Crippen LogP contribution in [-0.4, -0.2) is 21.1 Å². The molecule has 0 amide bonds. The van der Waals surface area contributed by atoms with Crippen molar-refractivity contribution in [3.05, 3.63) is 28.7 Å². The number of hydrogen-bond acceptors (Lipinski definition) is 7. The SMILES string of the molecule is CC(C)Oc1nc(NN)nc(Nc2ccccc2Br)n1.